The zero-order valence-electron chi connectivity index (χ0n) is 16.0. The summed E-state index contributed by atoms with van der Waals surface area (Å²) in [5.74, 6) is -3.69. The van der Waals surface area contributed by atoms with Gasteiger partial charge in [0.15, 0.2) is 11.6 Å². The molecule has 0 saturated carbocycles. The molecule has 0 radical (unpaired) electrons. The Morgan fingerprint density at radius 3 is 2.45 bits per heavy atom. The van der Waals surface area contributed by atoms with Gasteiger partial charge in [0.25, 0.3) is 5.91 Å². The summed E-state index contributed by atoms with van der Waals surface area (Å²) in [7, 11) is 0. The van der Waals surface area contributed by atoms with E-state index in [9.17, 15) is 18.0 Å². The minimum atomic E-state index is -1.28. The number of amides is 1. The van der Waals surface area contributed by atoms with E-state index < -0.39 is 34.5 Å². The molecule has 0 bridgehead atoms. The van der Waals surface area contributed by atoms with Crippen LogP contribution in [0.25, 0.3) is 0 Å². The fourth-order valence-electron chi connectivity index (χ4n) is 3.13. The van der Waals surface area contributed by atoms with Gasteiger partial charge in [0, 0.05) is 29.2 Å². The van der Waals surface area contributed by atoms with Crippen LogP contribution in [0, 0.1) is 21.0 Å². The van der Waals surface area contributed by atoms with Crippen molar-refractivity contribution in [3.63, 3.8) is 0 Å². The fourth-order valence-corrected chi connectivity index (χ4v) is 3.59. The maximum atomic E-state index is 14.5. The van der Waals surface area contributed by atoms with Gasteiger partial charge in [-0.05, 0) is 52.9 Å². The molecule has 1 amide bonds. The van der Waals surface area contributed by atoms with Crippen molar-refractivity contribution in [1.82, 2.24) is 10.2 Å². The summed E-state index contributed by atoms with van der Waals surface area (Å²) in [5.41, 5.74) is 5.18. The maximum Gasteiger partial charge on any atom is 0.259 e. The predicted octanol–water partition coefficient (Wildman–Crippen LogP) is 3.60. The Bertz CT molecular complexity index is 932. The average molecular weight is 518 g/mol. The summed E-state index contributed by atoms with van der Waals surface area (Å²) >= 11 is 1.96. The van der Waals surface area contributed by atoms with Gasteiger partial charge in [-0.3, -0.25) is 4.79 Å². The van der Waals surface area contributed by atoms with Gasteiger partial charge in [-0.2, -0.15) is 0 Å². The second-order valence-corrected chi connectivity index (χ2v) is 8.84. The highest BCUT2D eigenvalue weighted by molar-refractivity contribution is 14.1. The van der Waals surface area contributed by atoms with Gasteiger partial charge in [-0.1, -0.05) is 13.8 Å². The fraction of sp³-hybridized carbons (Fsp3) is 0.350. The number of nitrogens with zero attached hydrogens (tertiary/aromatic N) is 1. The van der Waals surface area contributed by atoms with Crippen LogP contribution in [0.3, 0.4) is 0 Å². The number of hydrogen-bond donors (Lipinski definition) is 3. The summed E-state index contributed by atoms with van der Waals surface area (Å²) in [6.45, 7) is 4.88. The number of carbonyl (C=O) groups is 1. The molecule has 29 heavy (non-hydrogen) atoms. The largest absolute Gasteiger partial charge is 0.352 e. The molecule has 156 valence electrons. The Morgan fingerprint density at radius 1 is 1.17 bits per heavy atom. The Hall–Kier alpha value is -1.85. The molecule has 2 aromatic carbocycles. The van der Waals surface area contributed by atoms with E-state index in [2.05, 4.69) is 10.6 Å². The van der Waals surface area contributed by atoms with Crippen molar-refractivity contribution < 1.29 is 18.0 Å². The third-order valence-electron chi connectivity index (χ3n) is 4.67. The zero-order valence-corrected chi connectivity index (χ0v) is 18.2. The van der Waals surface area contributed by atoms with Crippen LogP contribution in [0.2, 0.25) is 0 Å². The topological polar surface area (TPSA) is 70.4 Å². The lowest BCUT2D eigenvalue weighted by Gasteiger charge is -2.48. The molecule has 2 aromatic rings. The first-order chi connectivity index (χ1) is 13.6. The van der Waals surface area contributed by atoms with Gasteiger partial charge < -0.3 is 21.3 Å². The minimum absolute atomic E-state index is 0.0103. The number of carbonyl (C=O) groups excluding carboxylic acids is 1. The molecule has 5 nitrogen and oxygen atoms in total. The Labute approximate surface area is 181 Å². The predicted molar refractivity (Wildman–Crippen MR) is 115 cm³/mol. The number of rotatable bonds is 6. The molecule has 1 aliphatic heterocycles. The van der Waals surface area contributed by atoms with Crippen molar-refractivity contribution in [2.45, 2.75) is 25.4 Å². The Morgan fingerprint density at radius 2 is 1.83 bits per heavy atom. The van der Waals surface area contributed by atoms with Crippen LogP contribution in [0.5, 0.6) is 0 Å². The molecular formula is C20H22F3IN4O. The molecule has 0 aromatic heterocycles. The van der Waals surface area contributed by atoms with Gasteiger partial charge in [0.1, 0.15) is 11.4 Å². The first-order valence-corrected chi connectivity index (χ1v) is 10.2. The summed E-state index contributed by atoms with van der Waals surface area (Å²) in [5, 5.41) is 5.92. The van der Waals surface area contributed by atoms with E-state index in [0.717, 1.165) is 6.07 Å². The number of benzene rings is 2. The van der Waals surface area contributed by atoms with Gasteiger partial charge in [0.05, 0.1) is 16.9 Å². The molecule has 0 atom stereocenters. The molecule has 0 spiro atoms. The second kappa shape index (κ2) is 8.49. The van der Waals surface area contributed by atoms with Gasteiger partial charge in [-0.25, -0.2) is 13.2 Å². The average Bonchev–Trinajstić information content (AvgIpc) is 2.62. The maximum absolute atomic E-state index is 14.5. The third kappa shape index (κ3) is 4.84. The van der Waals surface area contributed by atoms with E-state index in [-0.39, 0.29) is 30.5 Å². The molecule has 1 aliphatic rings. The monoisotopic (exact) mass is 518 g/mol. The summed E-state index contributed by atoms with van der Waals surface area (Å²) in [4.78, 5) is 14.2. The molecule has 1 heterocycles. The van der Waals surface area contributed by atoms with Crippen molar-refractivity contribution in [1.29, 1.82) is 0 Å². The van der Waals surface area contributed by atoms with Crippen molar-refractivity contribution in [3.05, 3.63) is 56.9 Å². The van der Waals surface area contributed by atoms with Crippen LogP contribution >= 0.6 is 22.6 Å². The van der Waals surface area contributed by atoms with Crippen LogP contribution in [0.4, 0.5) is 24.5 Å². The lowest BCUT2D eigenvalue weighted by Crippen LogP contribution is -2.72. The highest BCUT2D eigenvalue weighted by Gasteiger charge is 2.43. The van der Waals surface area contributed by atoms with Crippen LogP contribution < -0.4 is 16.4 Å². The third-order valence-corrected chi connectivity index (χ3v) is 5.34. The number of halogens is 4. The van der Waals surface area contributed by atoms with E-state index in [1.54, 1.807) is 6.07 Å². The highest BCUT2D eigenvalue weighted by atomic mass is 127. The van der Waals surface area contributed by atoms with Crippen molar-refractivity contribution in [3.8, 4) is 0 Å². The summed E-state index contributed by atoms with van der Waals surface area (Å²) < 4.78 is 43.3. The molecule has 0 unspecified atom stereocenters. The van der Waals surface area contributed by atoms with E-state index in [4.69, 9.17) is 5.73 Å². The zero-order chi connectivity index (χ0) is 21.3. The number of hydrogen-bond acceptors (Lipinski definition) is 4. The quantitative estimate of drug-likeness (QED) is 0.512. The molecular weight excluding hydrogens is 496 g/mol. The molecule has 9 heteroatoms. The first kappa shape index (κ1) is 21.8. The summed E-state index contributed by atoms with van der Waals surface area (Å²) in [6, 6.07) is 6.78. The van der Waals surface area contributed by atoms with Gasteiger partial charge in [-0.15, -0.1) is 0 Å². The first-order valence-electron chi connectivity index (χ1n) is 9.11. The number of nitrogens with one attached hydrogen (secondary N) is 2. The lowest BCUT2D eigenvalue weighted by molar-refractivity contribution is 0.0402. The van der Waals surface area contributed by atoms with E-state index in [1.165, 1.54) is 23.1 Å². The normalized spacial score (nSPS) is 15.4. The number of likely N-dealkylation sites (tertiary alicyclic amines) is 1. The second-order valence-electron chi connectivity index (χ2n) is 7.59. The van der Waals surface area contributed by atoms with Gasteiger partial charge in [0.2, 0.25) is 0 Å². The van der Waals surface area contributed by atoms with Crippen molar-refractivity contribution >= 4 is 39.9 Å². The van der Waals surface area contributed by atoms with Crippen molar-refractivity contribution in [2.75, 3.05) is 25.0 Å². The Kier molecular flexibility index (Phi) is 6.39. The Balaban J connectivity index is 1.83. The molecule has 4 N–H and O–H groups in total. The number of nitrogens with two attached hydrogens (primary N) is 1. The SMILES string of the molecule is CC(C)NCC1(N)CN(C(=O)c2c(Nc3ccc(I)cc3F)ccc(F)c2F)C1. The smallest absolute Gasteiger partial charge is 0.259 e. The standard InChI is InChI=1S/C20H22F3IN4O/c1-11(2)26-8-20(25)9-28(10-20)19(29)17-16(6-4-13(21)18(17)23)27-15-5-3-12(24)7-14(15)22/h3-7,11,26-27H,8-10,25H2,1-2H3. The molecule has 3 rings (SSSR count). The van der Waals surface area contributed by atoms with E-state index in [0.29, 0.717) is 10.1 Å². The molecule has 1 saturated heterocycles. The van der Waals surface area contributed by atoms with Crippen LogP contribution in [0.1, 0.15) is 24.2 Å². The molecule has 0 aliphatic carbocycles. The minimum Gasteiger partial charge on any atom is -0.352 e. The van der Waals surface area contributed by atoms with Gasteiger partial charge >= 0.3 is 0 Å². The highest BCUT2D eigenvalue weighted by Crippen LogP contribution is 2.30. The van der Waals surface area contributed by atoms with Crippen molar-refractivity contribution in [2.24, 2.45) is 5.73 Å². The van der Waals surface area contributed by atoms with Crippen LogP contribution in [-0.2, 0) is 0 Å². The van der Waals surface area contributed by atoms with E-state index >= 15 is 0 Å². The number of anilines is 2. The van der Waals surface area contributed by atoms with Crippen LogP contribution in [-0.4, -0.2) is 42.0 Å². The summed E-state index contributed by atoms with van der Waals surface area (Å²) in [6.07, 6.45) is 0. The lowest BCUT2D eigenvalue weighted by atomic mass is 9.89. The van der Waals surface area contributed by atoms with E-state index in [1.807, 2.05) is 36.4 Å². The van der Waals surface area contributed by atoms with Crippen LogP contribution in [0.15, 0.2) is 30.3 Å². The molecule has 1 fully saturated rings.